The van der Waals surface area contributed by atoms with E-state index in [1.807, 2.05) is 0 Å². The zero-order valence-electron chi connectivity index (χ0n) is 16.5. The maximum absolute atomic E-state index is 12.3. The molecule has 2 aliphatic rings. The van der Waals surface area contributed by atoms with Gasteiger partial charge in [-0.2, -0.15) is 30.2 Å². The van der Waals surface area contributed by atoms with Gasteiger partial charge in [0.1, 0.15) is 0 Å². The first-order chi connectivity index (χ1) is 13.9. The molecule has 0 unspecified atom stereocenters. The third-order valence-electron chi connectivity index (χ3n) is 4.70. The minimum Gasteiger partial charge on any atom is -0.475 e. The molecule has 3 heterocycles. The van der Waals surface area contributed by atoms with E-state index in [2.05, 4.69) is 15.3 Å². The van der Waals surface area contributed by atoms with Crippen LogP contribution in [0.2, 0.25) is 0 Å². The van der Waals surface area contributed by atoms with Crippen molar-refractivity contribution in [1.29, 1.82) is 0 Å². The number of hydrogen-bond donors (Lipinski definition) is 2. The van der Waals surface area contributed by atoms with Gasteiger partial charge in [-0.25, -0.2) is 14.8 Å². The van der Waals surface area contributed by atoms with Crippen molar-refractivity contribution in [3.8, 4) is 0 Å². The fourth-order valence-electron chi connectivity index (χ4n) is 3.23. The highest BCUT2D eigenvalue weighted by Gasteiger charge is 2.47. The second kappa shape index (κ2) is 9.41. The van der Waals surface area contributed by atoms with Gasteiger partial charge in [-0.1, -0.05) is 0 Å². The van der Waals surface area contributed by atoms with Crippen molar-refractivity contribution >= 4 is 22.1 Å². The smallest absolute Gasteiger partial charge is 0.475 e. The number of aliphatic carboxylic acids is 1. The van der Waals surface area contributed by atoms with Crippen LogP contribution in [0.4, 0.5) is 19.1 Å². The molecule has 2 atom stereocenters. The Bertz CT molecular complexity index is 824. The maximum Gasteiger partial charge on any atom is 0.490 e. The standard InChI is InChI=1S/C14H23N5O3S.C2HF3O2/c1-18(2)23(20,21)19-8-5-14(11-19)10-12(4-9-22-14)17-13-15-6-3-7-16-13;3-2(4,5)1(6)7/h3,6-7,12H,4-5,8-11H2,1-2H3,(H,15,16,17);(H,6,7)/t12-,14-;/m1./s1. The van der Waals surface area contributed by atoms with Crippen LogP contribution in [0.15, 0.2) is 18.5 Å². The minimum absolute atomic E-state index is 0.188. The first-order valence-electron chi connectivity index (χ1n) is 9.01. The average molecular weight is 455 g/mol. The molecule has 0 aliphatic carbocycles. The highest BCUT2D eigenvalue weighted by Crippen LogP contribution is 2.36. The lowest BCUT2D eigenvalue weighted by Gasteiger charge is -2.38. The number of anilines is 1. The number of carbonyl (C=O) groups is 1. The van der Waals surface area contributed by atoms with Gasteiger partial charge >= 0.3 is 12.1 Å². The summed E-state index contributed by atoms with van der Waals surface area (Å²) in [5.41, 5.74) is -0.409. The van der Waals surface area contributed by atoms with Crippen molar-refractivity contribution < 1.29 is 36.2 Å². The van der Waals surface area contributed by atoms with Gasteiger partial charge in [0.25, 0.3) is 10.2 Å². The summed E-state index contributed by atoms with van der Waals surface area (Å²) in [6.07, 6.45) is 0.649. The summed E-state index contributed by atoms with van der Waals surface area (Å²) < 4.78 is 65.1. The van der Waals surface area contributed by atoms with Crippen molar-refractivity contribution in [3.63, 3.8) is 0 Å². The number of nitrogens with zero attached hydrogens (tertiary/aromatic N) is 4. The van der Waals surface area contributed by atoms with E-state index in [0.29, 0.717) is 32.1 Å². The van der Waals surface area contributed by atoms with Crippen LogP contribution < -0.4 is 5.32 Å². The number of hydrogen-bond acceptors (Lipinski definition) is 7. The molecule has 2 fully saturated rings. The third kappa shape index (κ3) is 6.23. The van der Waals surface area contributed by atoms with E-state index in [9.17, 15) is 21.6 Å². The molecule has 1 aromatic rings. The molecule has 0 aromatic carbocycles. The van der Waals surface area contributed by atoms with Gasteiger partial charge in [-0.15, -0.1) is 0 Å². The lowest BCUT2D eigenvalue weighted by atomic mass is 9.89. The Balaban J connectivity index is 0.000000396. The molecule has 0 amide bonds. The lowest BCUT2D eigenvalue weighted by molar-refractivity contribution is -0.192. The molecule has 1 spiro atoms. The van der Waals surface area contributed by atoms with Crippen molar-refractivity contribution in [1.82, 2.24) is 18.6 Å². The predicted molar refractivity (Wildman–Crippen MR) is 99.8 cm³/mol. The Labute approximate surface area is 172 Å². The van der Waals surface area contributed by atoms with E-state index in [1.54, 1.807) is 32.6 Å². The largest absolute Gasteiger partial charge is 0.490 e. The molecule has 2 saturated heterocycles. The third-order valence-corrected chi connectivity index (χ3v) is 6.59. The molecular formula is C16H24F3N5O5S. The predicted octanol–water partition coefficient (Wildman–Crippen LogP) is 0.952. The lowest BCUT2D eigenvalue weighted by Crippen LogP contribution is -2.48. The van der Waals surface area contributed by atoms with Crippen LogP contribution in [0.5, 0.6) is 0 Å². The molecule has 0 bridgehead atoms. The summed E-state index contributed by atoms with van der Waals surface area (Å²) in [5, 5.41) is 10.5. The van der Waals surface area contributed by atoms with E-state index in [0.717, 1.165) is 12.8 Å². The second-order valence-electron chi connectivity index (χ2n) is 7.11. The molecule has 14 heteroatoms. The highest BCUT2D eigenvalue weighted by atomic mass is 32.2. The van der Waals surface area contributed by atoms with Crippen molar-refractivity contribution in [2.75, 3.05) is 39.1 Å². The van der Waals surface area contributed by atoms with Crippen LogP contribution in [-0.2, 0) is 19.7 Å². The zero-order valence-corrected chi connectivity index (χ0v) is 17.3. The minimum atomic E-state index is -5.08. The normalized spacial score (nSPS) is 25.1. The van der Waals surface area contributed by atoms with Gasteiger partial charge in [0, 0.05) is 52.2 Å². The molecule has 2 aliphatic heterocycles. The van der Waals surface area contributed by atoms with Gasteiger partial charge in [0.2, 0.25) is 5.95 Å². The summed E-state index contributed by atoms with van der Waals surface area (Å²) in [6, 6.07) is 1.96. The summed E-state index contributed by atoms with van der Waals surface area (Å²) in [4.78, 5) is 17.3. The van der Waals surface area contributed by atoms with E-state index in [-0.39, 0.29) is 6.04 Å². The van der Waals surface area contributed by atoms with Crippen molar-refractivity contribution in [3.05, 3.63) is 18.5 Å². The van der Waals surface area contributed by atoms with Crippen LogP contribution in [0, 0.1) is 0 Å². The number of rotatable bonds is 4. The topological polar surface area (TPSA) is 125 Å². The van der Waals surface area contributed by atoms with Gasteiger partial charge < -0.3 is 15.2 Å². The van der Waals surface area contributed by atoms with E-state index < -0.39 is 28.0 Å². The molecule has 30 heavy (non-hydrogen) atoms. The van der Waals surface area contributed by atoms with E-state index in [4.69, 9.17) is 14.6 Å². The zero-order chi connectivity index (χ0) is 22.6. The molecule has 3 rings (SSSR count). The number of ether oxygens (including phenoxy) is 1. The van der Waals surface area contributed by atoms with Gasteiger partial charge in [0.05, 0.1) is 5.60 Å². The average Bonchev–Trinajstić information content (AvgIpc) is 3.06. The maximum atomic E-state index is 12.3. The van der Waals surface area contributed by atoms with Crippen LogP contribution >= 0.6 is 0 Å². The summed E-state index contributed by atoms with van der Waals surface area (Å²) in [5.74, 6) is -2.15. The molecule has 0 radical (unpaired) electrons. The van der Waals surface area contributed by atoms with Gasteiger partial charge in [-0.05, 0) is 25.3 Å². The van der Waals surface area contributed by atoms with Crippen LogP contribution in [0.1, 0.15) is 19.3 Å². The molecule has 170 valence electrons. The number of alkyl halides is 3. The molecular weight excluding hydrogens is 431 g/mol. The number of aromatic nitrogens is 2. The Kier molecular flexibility index (Phi) is 7.60. The summed E-state index contributed by atoms with van der Waals surface area (Å²) in [7, 11) is -0.277. The van der Waals surface area contributed by atoms with E-state index >= 15 is 0 Å². The monoisotopic (exact) mass is 455 g/mol. The second-order valence-corrected chi connectivity index (χ2v) is 9.26. The van der Waals surface area contributed by atoms with Crippen LogP contribution in [-0.4, -0.2) is 89.7 Å². The SMILES string of the molecule is CN(C)S(=O)(=O)N1CC[C@@]2(C[C@H](Nc3ncccn3)CCO2)C1.O=C(O)C(F)(F)F. The fourth-order valence-corrected chi connectivity index (χ4v) is 4.41. The Morgan fingerprint density at radius 3 is 2.50 bits per heavy atom. The summed E-state index contributed by atoms with van der Waals surface area (Å²) in [6.45, 7) is 1.51. The van der Waals surface area contributed by atoms with Gasteiger partial charge in [0.15, 0.2) is 0 Å². The first kappa shape index (κ1) is 24.2. The molecule has 1 aromatic heterocycles. The van der Waals surface area contributed by atoms with Crippen LogP contribution in [0.25, 0.3) is 0 Å². The number of nitrogens with one attached hydrogen (secondary N) is 1. The van der Waals surface area contributed by atoms with Crippen molar-refractivity contribution in [2.24, 2.45) is 0 Å². The summed E-state index contributed by atoms with van der Waals surface area (Å²) >= 11 is 0. The fraction of sp³-hybridized carbons (Fsp3) is 0.688. The number of carboxylic acids is 1. The van der Waals surface area contributed by atoms with E-state index in [1.165, 1.54) is 8.61 Å². The molecule has 0 saturated carbocycles. The van der Waals surface area contributed by atoms with Gasteiger partial charge in [-0.3, -0.25) is 0 Å². The quantitative estimate of drug-likeness (QED) is 0.688. The molecule has 2 N–H and O–H groups in total. The first-order valence-corrected chi connectivity index (χ1v) is 10.4. The molecule has 10 nitrogen and oxygen atoms in total. The highest BCUT2D eigenvalue weighted by molar-refractivity contribution is 7.86. The Morgan fingerprint density at radius 2 is 1.97 bits per heavy atom. The number of carboxylic acid groups (broad SMARTS) is 1. The Hall–Kier alpha value is -2.03. The van der Waals surface area contributed by atoms with Crippen LogP contribution in [0.3, 0.4) is 0 Å². The van der Waals surface area contributed by atoms with Crippen molar-refractivity contribution in [2.45, 2.75) is 37.1 Å². The number of halogens is 3. The Morgan fingerprint density at radius 1 is 1.37 bits per heavy atom.